The molecule has 0 aromatic carbocycles. The lowest BCUT2D eigenvalue weighted by Crippen LogP contribution is -2.38. The highest BCUT2D eigenvalue weighted by Gasteiger charge is 2.05. The van der Waals surface area contributed by atoms with E-state index < -0.39 is 10.0 Å². The molecule has 1 aromatic heterocycles. The molecule has 0 unspecified atom stereocenters. The summed E-state index contributed by atoms with van der Waals surface area (Å²) in [6.07, 6.45) is 0.694. The third kappa shape index (κ3) is 7.76. The average Bonchev–Trinajstić information content (AvgIpc) is 2.83. The highest BCUT2D eigenvalue weighted by atomic mass is 32.2. The smallest absolute Gasteiger partial charge is 0.211 e. The lowest BCUT2D eigenvalue weighted by atomic mass is 10.4. The van der Waals surface area contributed by atoms with Crippen molar-refractivity contribution in [3.63, 3.8) is 0 Å². The molecule has 0 fully saturated rings. The predicted octanol–water partition coefficient (Wildman–Crippen LogP) is 1.14. The van der Waals surface area contributed by atoms with E-state index in [4.69, 9.17) is 0 Å². The number of aryl methyl sites for hydroxylation is 2. The number of thiazole rings is 1. The van der Waals surface area contributed by atoms with Crippen molar-refractivity contribution in [3.05, 3.63) is 15.6 Å². The summed E-state index contributed by atoms with van der Waals surface area (Å²) in [6.45, 7) is 10.1. The number of sulfonamides is 1. The van der Waals surface area contributed by atoms with Gasteiger partial charge >= 0.3 is 0 Å². The molecule has 0 radical (unpaired) electrons. The molecule has 0 saturated heterocycles. The van der Waals surface area contributed by atoms with Crippen LogP contribution in [0.25, 0.3) is 0 Å². The van der Waals surface area contributed by atoms with Crippen LogP contribution in [0.4, 0.5) is 0 Å². The van der Waals surface area contributed by atoms with Gasteiger partial charge in [0.05, 0.1) is 18.0 Å². The largest absolute Gasteiger partial charge is 0.357 e. The first-order chi connectivity index (χ1) is 10.9. The third-order valence-corrected chi connectivity index (χ3v) is 5.60. The molecule has 0 aliphatic heterocycles. The second kappa shape index (κ2) is 9.84. The van der Waals surface area contributed by atoms with Gasteiger partial charge in [0.1, 0.15) is 5.01 Å². The topological polar surface area (TPSA) is 95.5 Å². The van der Waals surface area contributed by atoms with Crippen LogP contribution < -0.4 is 15.4 Å². The molecule has 23 heavy (non-hydrogen) atoms. The van der Waals surface area contributed by atoms with Crippen molar-refractivity contribution in [1.29, 1.82) is 0 Å². The van der Waals surface area contributed by atoms with Crippen LogP contribution in [-0.4, -0.2) is 44.7 Å². The van der Waals surface area contributed by atoms with Crippen LogP contribution in [0.15, 0.2) is 4.99 Å². The monoisotopic (exact) mass is 361 g/mol. The molecule has 3 N–H and O–H groups in total. The van der Waals surface area contributed by atoms with Crippen LogP contribution in [0.5, 0.6) is 0 Å². The van der Waals surface area contributed by atoms with Crippen LogP contribution in [0.3, 0.4) is 0 Å². The molecular weight excluding hydrogens is 334 g/mol. The number of aromatic nitrogens is 1. The fraction of sp³-hybridized carbons (Fsp3) is 0.714. The molecule has 132 valence electrons. The Morgan fingerprint density at radius 1 is 1.22 bits per heavy atom. The van der Waals surface area contributed by atoms with Crippen molar-refractivity contribution in [3.8, 4) is 0 Å². The molecule has 1 rings (SSSR count). The summed E-state index contributed by atoms with van der Waals surface area (Å²) in [5.41, 5.74) is 1.06. The number of hydrogen-bond donors (Lipinski definition) is 3. The minimum Gasteiger partial charge on any atom is -0.357 e. The van der Waals surface area contributed by atoms with E-state index in [9.17, 15) is 8.42 Å². The zero-order chi connectivity index (χ0) is 17.3. The van der Waals surface area contributed by atoms with E-state index in [0.29, 0.717) is 26.1 Å². The average molecular weight is 362 g/mol. The van der Waals surface area contributed by atoms with Gasteiger partial charge in [0.2, 0.25) is 10.0 Å². The molecule has 0 bridgehead atoms. The fourth-order valence-corrected chi connectivity index (χ4v) is 3.24. The van der Waals surface area contributed by atoms with Gasteiger partial charge in [-0.05, 0) is 34.1 Å². The first-order valence-corrected chi connectivity index (χ1v) is 10.3. The van der Waals surface area contributed by atoms with Crippen molar-refractivity contribution in [2.24, 2.45) is 4.99 Å². The molecule has 0 spiro atoms. The number of guanidine groups is 1. The second-order valence-corrected chi connectivity index (χ2v) is 8.41. The van der Waals surface area contributed by atoms with Gasteiger partial charge in [-0.2, -0.15) is 0 Å². The third-order valence-electron chi connectivity index (χ3n) is 3.14. The Morgan fingerprint density at radius 3 is 2.52 bits per heavy atom. The van der Waals surface area contributed by atoms with Crippen LogP contribution >= 0.6 is 11.3 Å². The zero-order valence-electron chi connectivity index (χ0n) is 14.3. The number of hydrogen-bond acceptors (Lipinski definition) is 5. The van der Waals surface area contributed by atoms with Gasteiger partial charge in [-0.15, -0.1) is 11.3 Å². The SMILES string of the molecule is CCNC(=NCc1nc(C)c(C)s1)NCCCNS(=O)(=O)CC. The van der Waals surface area contributed by atoms with Gasteiger partial charge in [0.15, 0.2) is 5.96 Å². The summed E-state index contributed by atoms with van der Waals surface area (Å²) >= 11 is 1.66. The normalized spacial score (nSPS) is 12.4. The number of rotatable bonds is 9. The van der Waals surface area contributed by atoms with Gasteiger partial charge in [0.25, 0.3) is 0 Å². The van der Waals surface area contributed by atoms with Crippen LogP contribution in [0.1, 0.15) is 35.8 Å². The molecule has 0 saturated carbocycles. The van der Waals surface area contributed by atoms with Gasteiger partial charge in [-0.1, -0.05) is 0 Å². The molecule has 7 nitrogen and oxygen atoms in total. The fourth-order valence-electron chi connectivity index (χ4n) is 1.72. The van der Waals surface area contributed by atoms with Crippen molar-refractivity contribution < 1.29 is 8.42 Å². The molecule has 1 aromatic rings. The Bertz CT molecular complexity index is 591. The van der Waals surface area contributed by atoms with E-state index in [1.54, 1.807) is 18.3 Å². The summed E-state index contributed by atoms with van der Waals surface area (Å²) in [5.74, 6) is 0.827. The van der Waals surface area contributed by atoms with E-state index in [-0.39, 0.29) is 5.75 Å². The van der Waals surface area contributed by atoms with Crippen molar-refractivity contribution in [1.82, 2.24) is 20.3 Å². The Morgan fingerprint density at radius 2 is 1.96 bits per heavy atom. The van der Waals surface area contributed by atoms with Gasteiger partial charge in [-0.3, -0.25) is 0 Å². The maximum Gasteiger partial charge on any atom is 0.211 e. The van der Waals surface area contributed by atoms with Gasteiger partial charge in [-0.25, -0.2) is 23.1 Å². The Hall–Kier alpha value is -1.19. The maximum atomic E-state index is 11.3. The van der Waals surface area contributed by atoms with Crippen LogP contribution in [0.2, 0.25) is 0 Å². The Kier molecular flexibility index (Phi) is 8.49. The van der Waals surface area contributed by atoms with Crippen molar-refractivity contribution in [2.45, 2.75) is 40.7 Å². The van der Waals surface area contributed by atoms with E-state index in [1.807, 2.05) is 13.8 Å². The molecule has 0 aliphatic carbocycles. The molecule has 0 atom stereocenters. The Balaban J connectivity index is 2.40. The first kappa shape index (κ1) is 19.9. The number of nitrogens with zero attached hydrogens (tertiary/aromatic N) is 2. The standard InChI is InChI=1S/C14H27N5O2S2/c1-5-15-14(16-8-7-9-18-23(20,21)6-2)17-10-13-19-11(3)12(4)22-13/h18H,5-10H2,1-4H3,(H2,15,16,17). The molecule has 0 aliphatic rings. The lowest BCUT2D eigenvalue weighted by molar-refractivity contribution is 0.579. The van der Waals surface area contributed by atoms with Crippen molar-refractivity contribution >= 4 is 27.3 Å². The van der Waals surface area contributed by atoms with Crippen LogP contribution in [0, 0.1) is 13.8 Å². The quantitative estimate of drug-likeness (QED) is 0.348. The van der Waals surface area contributed by atoms with E-state index in [1.165, 1.54) is 4.88 Å². The summed E-state index contributed by atoms with van der Waals surface area (Å²) in [7, 11) is -3.11. The summed E-state index contributed by atoms with van der Waals surface area (Å²) < 4.78 is 25.2. The van der Waals surface area contributed by atoms with Gasteiger partial charge in [0, 0.05) is 24.5 Å². The van der Waals surface area contributed by atoms with Gasteiger partial charge < -0.3 is 10.6 Å². The summed E-state index contributed by atoms with van der Waals surface area (Å²) in [4.78, 5) is 10.2. The lowest BCUT2D eigenvalue weighted by Gasteiger charge is -2.11. The predicted molar refractivity (Wildman–Crippen MR) is 96.5 cm³/mol. The zero-order valence-corrected chi connectivity index (χ0v) is 15.9. The number of nitrogens with one attached hydrogen (secondary N) is 3. The first-order valence-electron chi connectivity index (χ1n) is 7.80. The van der Waals surface area contributed by atoms with E-state index in [2.05, 4.69) is 32.3 Å². The molecule has 0 amide bonds. The molecule has 1 heterocycles. The highest BCUT2D eigenvalue weighted by Crippen LogP contribution is 2.16. The Labute approximate surface area is 143 Å². The van der Waals surface area contributed by atoms with E-state index in [0.717, 1.165) is 23.2 Å². The van der Waals surface area contributed by atoms with E-state index >= 15 is 0 Å². The highest BCUT2D eigenvalue weighted by molar-refractivity contribution is 7.89. The minimum atomic E-state index is -3.11. The maximum absolute atomic E-state index is 11.3. The van der Waals surface area contributed by atoms with Crippen LogP contribution in [-0.2, 0) is 16.6 Å². The molecule has 9 heteroatoms. The van der Waals surface area contributed by atoms with Crippen molar-refractivity contribution in [2.75, 3.05) is 25.4 Å². The minimum absolute atomic E-state index is 0.108. The molecular formula is C14H27N5O2S2. The summed E-state index contributed by atoms with van der Waals surface area (Å²) in [6, 6.07) is 0. The number of aliphatic imine (C=N–C) groups is 1. The second-order valence-electron chi connectivity index (χ2n) is 5.02. The summed E-state index contributed by atoms with van der Waals surface area (Å²) in [5, 5.41) is 7.36.